The highest BCUT2D eigenvalue weighted by Crippen LogP contribution is 2.39. The number of benzene rings is 3. The number of hydrogen-bond acceptors (Lipinski definition) is 6. The Kier molecular flexibility index (Phi) is 7.25. The van der Waals surface area contributed by atoms with Crippen molar-refractivity contribution in [3.8, 4) is 5.75 Å². The van der Waals surface area contributed by atoms with Gasteiger partial charge in [0.1, 0.15) is 16.8 Å². The Bertz CT molecular complexity index is 1400. The van der Waals surface area contributed by atoms with Gasteiger partial charge >= 0.3 is 0 Å². The Morgan fingerprint density at radius 2 is 1.86 bits per heavy atom. The van der Waals surface area contributed by atoms with Gasteiger partial charge in [-0.15, -0.1) is 0 Å². The highest BCUT2D eigenvalue weighted by Gasteiger charge is 2.39. The molecule has 0 unspecified atom stereocenters. The lowest BCUT2D eigenvalue weighted by molar-refractivity contribution is -0.121. The van der Waals surface area contributed by atoms with Crippen LogP contribution in [0.4, 0.5) is 10.1 Å². The minimum atomic E-state index is -0.687. The zero-order valence-corrected chi connectivity index (χ0v) is 21.3. The molecule has 2 aliphatic rings. The third kappa shape index (κ3) is 5.52. The lowest BCUT2D eigenvalue weighted by Gasteiger charge is -2.23. The van der Waals surface area contributed by atoms with Crippen LogP contribution in [0.5, 0.6) is 5.75 Å². The molecule has 0 saturated heterocycles. The molecule has 0 saturated carbocycles. The molecule has 0 radical (unpaired) electrons. The van der Waals surface area contributed by atoms with Crippen molar-refractivity contribution in [2.24, 2.45) is 10.1 Å². The van der Waals surface area contributed by atoms with Gasteiger partial charge in [-0.2, -0.15) is 10.1 Å². The van der Waals surface area contributed by atoms with Crippen LogP contribution in [0.1, 0.15) is 30.0 Å². The average molecular weight is 537 g/mol. The summed E-state index contributed by atoms with van der Waals surface area (Å²) in [6.07, 6.45) is 0.470. The van der Waals surface area contributed by atoms with E-state index in [-0.39, 0.29) is 24.2 Å². The van der Waals surface area contributed by atoms with E-state index in [0.29, 0.717) is 28.0 Å². The van der Waals surface area contributed by atoms with E-state index < -0.39 is 11.2 Å². The second kappa shape index (κ2) is 10.7. The van der Waals surface area contributed by atoms with E-state index in [2.05, 4.69) is 10.3 Å². The summed E-state index contributed by atoms with van der Waals surface area (Å²) < 4.78 is 18.9. The zero-order valence-electron chi connectivity index (χ0n) is 19.7. The fourth-order valence-corrected chi connectivity index (χ4v) is 5.36. The molecule has 37 heavy (non-hydrogen) atoms. The molecule has 2 amide bonds. The monoisotopic (exact) mass is 536 g/mol. The summed E-state index contributed by atoms with van der Waals surface area (Å²) >= 11 is 7.24. The molecule has 3 aromatic carbocycles. The third-order valence-electron chi connectivity index (χ3n) is 6.02. The van der Waals surface area contributed by atoms with Crippen molar-refractivity contribution in [1.29, 1.82) is 0 Å². The first kappa shape index (κ1) is 25.0. The number of para-hydroxylation sites is 2. The van der Waals surface area contributed by atoms with Crippen molar-refractivity contribution in [2.45, 2.75) is 24.1 Å². The summed E-state index contributed by atoms with van der Waals surface area (Å²) in [5.41, 5.74) is 3.04. The van der Waals surface area contributed by atoms with Crippen LogP contribution in [-0.2, 0) is 9.59 Å². The number of amidine groups is 1. The molecule has 0 fully saturated rings. The van der Waals surface area contributed by atoms with E-state index in [1.54, 1.807) is 53.5 Å². The molecule has 0 aromatic heterocycles. The highest BCUT2D eigenvalue weighted by molar-refractivity contribution is 8.15. The normalized spacial score (nSPS) is 19.0. The van der Waals surface area contributed by atoms with E-state index in [1.807, 2.05) is 12.1 Å². The maximum Gasteiger partial charge on any atom is 0.262 e. The maximum atomic E-state index is 13.6. The molecule has 2 atom stereocenters. The Morgan fingerprint density at radius 3 is 2.59 bits per heavy atom. The van der Waals surface area contributed by atoms with Gasteiger partial charge in [-0.1, -0.05) is 59.8 Å². The van der Waals surface area contributed by atoms with Gasteiger partial charge in [0.25, 0.3) is 5.91 Å². The van der Waals surface area contributed by atoms with Crippen LogP contribution in [0, 0.1) is 5.82 Å². The van der Waals surface area contributed by atoms with Crippen LogP contribution in [0.15, 0.2) is 82.9 Å². The van der Waals surface area contributed by atoms with Crippen LogP contribution in [0.3, 0.4) is 0 Å². The molecule has 5 rings (SSSR count). The predicted molar refractivity (Wildman–Crippen MR) is 144 cm³/mol. The van der Waals surface area contributed by atoms with Crippen LogP contribution in [-0.4, -0.2) is 40.1 Å². The molecule has 0 bridgehead atoms. The van der Waals surface area contributed by atoms with Crippen molar-refractivity contribution in [2.75, 3.05) is 12.4 Å². The summed E-state index contributed by atoms with van der Waals surface area (Å²) in [5, 5.41) is 9.60. The minimum Gasteiger partial charge on any atom is -0.495 e. The molecule has 2 heterocycles. The second-order valence-corrected chi connectivity index (χ2v) is 10.1. The first-order chi connectivity index (χ1) is 17.9. The summed E-state index contributed by atoms with van der Waals surface area (Å²) in [7, 11) is 1.52. The number of halogens is 2. The number of nitrogens with one attached hydrogen (secondary N) is 1. The fraction of sp³-hybridized carbons (Fsp3) is 0.185. The van der Waals surface area contributed by atoms with E-state index in [9.17, 15) is 14.0 Å². The zero-order chi connectivity index (χ0) is 25.9. The van der Waals surface area contributed by atoms with E-state index >= 15 is 0 Å². The SMILES string of the molecule is COc1ccccc1NC(=O)C[C@@H]1SC(N2N=C(c3ccc(Cl)cc3)C[C@@H]2c2ccc(F)cc2)=NC1=O. The van der Waals surface area contributed by atoms with Crippen molar-refractivity contribution in [3.63, 3.8) is 0 Å². The van der Waals surface area contributed by atoms with Gasteiger partial charge in [-0.25, -0.2) is 9.40 Å². The Labute approximate surface area is 222 Å². The van der Waals surface area contributed by atoms with Gasteiger partial charge in [0.15, 0.2) is 5.17 Å². The Hall–Kier alpha value is -3.69. The largest absolute Gasteiger partial charge is 0.495 e. The number of anilines is 1. The number of carbonyl (C=O) groups is 2. The number of rotatable bonds is 6. The number of methoxy groups -OCH3 is 1. The summed E-state index contributed by atoms with van der Waals surface area (Å²) in [6.45, 7) is 0. The lowest BCUT2D eigenvalue weighted by Crippen LogP contribution is -2.25. The quantitative estimate of drug-likeness (QED) is 0.439. The summed E-state index contributed by atoms with van der Waals surface area (Å²) in [6, 6.07) is 20.3. The molecule has 1 N–H and O–H groups in total. The van der Waals surface area contributed by atoms with E-state index in [1.165, 1.54) is 31.0 Å². The Balaban J connectivity index is 1.35. The highest BCUT2D eigenvalue weighted by atomic mass is 35.5. The summed E-state index contributed by atoms with van der Waals surface area (Å²) in [5.74, 6) is -0.533. The number of hydrazone groups is 1. The number of aliphatic imine (C=N–C) groups is 1. The van der Waals surface area contributed by atoms with Gasteiger partial charge in [0.05, 0.1) is 24.6 Å². The molecule has 188 valence electrons. The van der Waals surface area contributed by atoms with Crippen LogP contribution in [0.25, 0.3) is 0 Å². The molecule has 0 aliphatic carbocycles. The van der Waals surface area contributed by atoms with E-state index in [0.717, 1.165) is 16.8 Å². The second-order valence-electron chi connectivity index (χ2n) is 8.46. The van der Waals surface area contributed by atoms with Gasteiger partial charge in [-0.05, 0) is 47.5 Å². The van der Waals surface area contributed by atoms with Gasteiger partial charge < -0.3 is 10.1 Å². The van der Waals surface area contributed by atoms with Crippen LogP contribution < -0.4 is 10.1 Å². The summed E-state index contributed by atoms with van der Waals surface area (Å²) in [4.78, 5) is 29.7. The van der Waals surface area contributed by atoms with Gasteiger partial charge in [0, 0.05) is 17.9 Å². The van der Waals surface area contributed by atoms with Crippen molar-refractivity contribution in [1.82, 2.24) is 5.01 Å². The smallest absolute Gasteiger partial charge is 0.262 e. The number of thioether (sulfide) groups is 1. The molecule has 2 aliphatic heterocycles. The molecule has 0 spiro atoms. The van der Waals surface area contributed by atoms with Gasteiger partial charge in [-0.3, -0.25) is 9.59 Å². The first-order valence-corrected chi connectivity index (χ1v) is 12.8. The molecule has 10 heteroatoms. The van der Waals surface area contributed by atoms with E-state index in [4.69, 9.17) is 21.4 Å². The maximum absolute atomic E-state index is 13.6. The first-order valence-electron chi connectivity index (χ1n) is 11.5. The number of carbonyl (C=O) groups excluding carboxylic acids is 2. The molecule has 7 nitrogen and oxygen atoms in total. The standard InChI is InChI=1S/C27H22ClFN4O3S/c1-36-23-5-3-2-4-20(23)30-25(34)15-24-26(35)31-27(37-24)33-22(17-8-12-19(29)13-9-17)14-21(32-33)16-6-10-18(28)11-7-16/h2-13,22,24H,14-15H2,1H3,(H,30,34)/t22-,24+/m1/s1. The number of ether oxygens (including phenoxy) is 1. The average Bonchev–Trinajstić information content (AvgIpc) is 3.49. The topological polar surface area (TPSA) is 83.4 Å². The fourth-order valence-electron chi connectivity index (χ4n) is 4.17. The molecular formula is C27H22ClFN4O3S. The van der Waals surface area contributed by atoms with Crippen LogP contribution in [0.2, 0.25) is 5.02 Å². The lowest BCUT2D eigenvalue weighted by atomic mass is 9.98. The number of hydrogen-bond donors (Lipinski definition) is 1. The van der Waals surface area contributed by atoms with Crippen molar-refractivity contribution in [3.05, 3.63) is 94.8 Å². The predicted octanol–water partition coefficient (Wildman–Crippen LogP) is 5.67. The third-order valence-corrected chi connectivity index (χ3v) is 7.41. The van der Waals surface area contributed by atoms with Crippen LogP contribution >= 0.6 is 23.4 Å². The number of nitrogens with zero attached hydrogens (tertiary/aromatic N) is 3. The molecular weight excluding hydrogens is 515 g/mol. The van der Waals surface area contributed by atoms with Gasteiger partial charge in [0.2, 0.25) is 5.91 Å². The number of amides is 2. The molecule has 3 aromatic rings. The Morgan fingerprint density at radius 1 is 1.14 bits per heavy atom. The van der Waals surface area contributed by atoms with Crippen molar-refractivity contribution >= 4 is 51.7 Å². The van der Waals surface area contributed by atoms with Crippen molar-refractivity contribution < 1.29 is 18.7 Å². The minimum absolute atomic E-state index is 0.0582.